The molecular weight excluding hydrogens is 224 g/mol. The monoisotopic (exact) mass is 236 g/mol. The van der Waals surface area contributed by atoms with Crippen LogP contribution in [0.25, 0.3) is 0 Å². The van der Waals surface area contributed by atoms with Gasteiger partial charge in [0, 0.05) is 11.6 Å². The molecule has 17 heavy (non-hydrogen) atoms. The van der Waals surface area contributed by atoms with Gasteiger partial charge in [0.05, 0.1) is 7.11 Å². The van der Waals surface area contributed by atoms with E-state index in [1.165, 1.54) is 20.1 Å². The van der Waals surface area contributed by atoms with Crippen LogP contribution in [0.4, 0.5) is 4.79 Å². The molecular formula is C11H12N2O4. The Kier molecular flexibility index (Phi) is 2.42. The molecule has 2 rings (SSSR count). The van der Waals surface area contributed by atoms with Crippen LogP contribution in [-0.4, -0.2) is 19.1 Å². The van der Waals surface area contributed by atoms with Gasteiger partial charge in [0.2, 0.25) is 5.91 Å². The normalized spacial score (nSPS) is 22.1. The molecule has 0 aromatic heterocycles. The standard InChI is InChI=1S/C11H12N2O4/c1-11(9(12)14)7-4-3-6(16-2)5-8(7)17-10(15)13-11/h3-5H,1-2H3,(H2,12,14)(H,13,15). The average molecular weight is 236 g/mol. The molecule has 6 heteroatoms. The van der Waals surface area contributed by atoms with Crippen molar-refractivity contribution in [3.05, 3.63) is 23.8 Å². The van der Waals surface area contributed by atoms with Gasteiger partial charge in [-0.25, -0.2) is 4.79 Å². The first-order valence-electron chi connectivity index (χ1n) is 4.96. The molecule has 1 aliphatic rings. The number of ether oxygens (including phenoxy) is 2. The summed E-state index contributed by atoms with van der Waals surface area (Å²) >= 11 is 0. The lowest BCUT2D eigenvalue weighted by molar-refractivity contribution is -0.124. The molecule has 90 valence electrons. The van der Waals surface area contributed by atoms with Gasteiger partial charge in [-0.2, -0.15) is 0 Å². The minimum Gasteiger partial charge on any atom is -0.497 e. The van der Waals surface area contributed by atoms with Gasteiger partial charge >= 0.3 is 6.09 Å². The van der Waals surface area contributed by atoms with E-state index in [0.717, 1.165) is 0 Å². The first kappa shape index (κ1) is 11.3. The van der Waals surface area contributed by atoms with Gasteiger partial charge in [-0.3, -0.25) is 4.79 Å². The number of primary amides is 1. The Morgan fingerprint density at radius 3 is 2.82 bits per heavy atom. The zero-order valence-corrected chi connectivity index (χ0v) is 9.44. The van der Waals surface area contributed by atoms with E-state index in [4.69, 9.17) is 15.2 Å². The van der Waals surface area contributed by atoms with E-state index in [2.05, 4.69) is 5.32 Å². The first-order valence-corrected chi connectivity index (χ1v) is 4.96. The number of methoxy groups -OCH3 is 1. The number of hydrogen-bond acceptors (Lipinski definition) is 4. The molecule has 0 spiro atoms. The summed E-state index contributed by atoms with van der Waals surface area (Å²) in [4.78, 5) is 22.8. The highest BCUT2D eigenvalue weighted by atomic mass is 16.6. The van der Waals surface area contributed by atoms with Crippen LogP contribution in [0.2, 0.25) is 0 Å². The van der Waals surface area contributed by atoms with Crippen LogP contribution in [0.5, 0.6) is 11.5 Å². The maximum Gasteiger partial charge on any atom is 0.413 e. The lowest BCUT2D eigenvalue weighted by Crippen LogP contribution is -2.56. The molecule has 0 bridgehead atoms. The van der Waals surface area contributed by atoms with E-state index in [1.54, 1.807) is 12.1 Å². The fourth-order valence-electron chi connectivity index (χ4n) is 1.72. The maximum absolute atomic E-state index is 11.5. The highest BCUT2D eigenvalue weighted by Gasteiger charge is 2.42. The zero-order chi connectivity index (χ0) is 12.6. The molecule has 6 nitrogen and oxygen atoms in total. The van der Waals surface area contributed by atoms with E-state index in [-0.39, 0.29) is 5.75 Å². The fraction of sp³-hybridized carbons (Fsp3) is 0.273. The van der Waals surface area contributed by atoms with E-state index < -0.39 is 17.5 Å². The van der Waals surface area contributed by atoms with Gasteiger partial charge in [-0.05, 0) is 19.1 Å². The van der Waals surface area contributed by atoms with Gasteiger partial charge in [0.1, 0.15) is 17.0 Å². The summed E-state index contributed by atoms with van der Waals surface area (Å²) in [5, 5.41) is 2.41. The Labute approximate surface area is 97.7 Å². The van der Waals surface area contributed by atoms with Crippen molar-refractivity contribution in [3.8, 4) is 11.5 Å². The van der Waals surface area contributed by atoms with Crippen molar-refractivity contribution < 1.29 is 19.1 Å². The van der Waals surface area contributed by atoms with Crippen molar-refractivity contribution in [2.45, 2.75) is 12.5 Å². The fourth-order valence-corrected chi connectivity index (χ4v) is 1.72. The zero-order valence-electron chi connectivity index (χ0n) is 9.44. The number of hydrogen-bond donors (Lipinski definition) is 2. The van der Waals surface area contributed by atoms with Crippen LogP contribution in [0.15, 0.2) is 18.2 Å². The second-order valence-electron chi connectivity index (χ2n) is 3.87. The van der Waals surface area contributed by atoms with Gasteiger partial charge in [-0.15, -0.1) is 0 Å². The molecule has 0 saturated carbocycles. The topological polar surface area (TPSA) is 90.7 Å². The van der Waals surface area contributed by atoms with Gasteiger partial charge in [0.25, 0.3) is 0 Å². The summed E-state index contributed by atoms with van der Waals surface area (Å²) < 4.78 is 10.00. The second kappa shape index (κ2) is 3.65. The van der Waals surface area contributed by atoms with Crippen LogP contribution in [0.1, 0.15) is 12.5 Å². The molecule has 2 amide bonds. The summed E-state index contributed by atoms with van der Waals surface area (Å²) in [6.07, 6.45) is -0.716. The number of benzene rings is 1. The Morgan fingerprint density at radius 1 is 1.53 bits per heavy atom. The molecule has 3 N–H and O–H groups in total. The summed E-state index contributed by atoms with van der Waals surface area (Å²) in [5.74, 6) is 0.153. The minimum atomic E-state index is -1.27. The Hall–Kier alpha value is -2.24. The minimum absolute atomic E-state index is 0.273. The third-order valence-electron chi connectivity index (χ3n) is 2.77. The number of carbonyl (C=O) groups is 2. The van der Waals surface area contributed by atoms with Crippen LogP contribution < -0.4 is 20.5 Å². The van der Waals surface area contributed by atoms with Crippen molar-refractivity contribution in [1.82, 2.24) is 5.32 Å². The molecule has 1 aromatic rings. The van der Waals surface area contributed by atoms with Crippen molar-refractivity contribution in [1.29, 1.82) is 0 Å². The molecule has 0 radical (unpaired) electrons. The second-order valence-corrected chi connectivity index (χ2v) is 3.87. The summed E-state index contributed by atoms with van der Waals surface area (Å²) in [7, 11) is 1.50. The largest absolute Gasteiger partial charge is 0.497 e. The lowest BCUT2D eigenvalue weighted by Gasteiger charge is -2.33. The summed E-state index contributed by atoms with van der Waals surface area (Å²) in [6.45, 7) is 1.53. The highest BCUT2D eigenvalue weighted by Crippen LogP contribution is 2.36. The number of nitrogens with two attached hydrogens (primary N) is 1. The van der Waals surface area contributed by atoms with Crippen molar-refractivity contribution >= 4 is 12.0 Å². The van der Waals surface area contributed by atoms with E-state index >= 15 is 0 Å². The predicted octanol–water partition coefficient (Wildman–Crippen LogP) is 0.498. The van der Waals surface area contributed by atoms with Crippen LogP contribution in [-0.2, 0) is 10.3 Å². The molecule has 1 atom stereocenters. The predicted molar refractivity (Wildman–Crippen MR) is 58.7 cm³/mol. The van der Waals surface area contributed by atoms with Gasteiger partial charge < -0.3 is 20.5 Å². The van der Waals surface area contributed by atoms with Crippen molar-refractivity contribution in [3.63, 3.8) is 0 Å². The lowest BCUT2D eigenvalue weighted by atomic mass is 9.89. The Morgan fingerprint density at radius 2 is 2.24 bits per heavy atom. The van der Waals surface area contributed by atoms with Crippen LogP contribution in [0.3, 0.4) is 0 Å². The molecule has 0 saturated heterocycles. The summed E-state index contributed by atoms with van der Waals surface area (Å²) in [5.41, 5.74) is 4.55. The number of rotatable bonds is 2. The quantitative estimate of drug-likeness (QED) is 0.782. The molecule has 1 aromatic carbocycles. The number of fused-ring (bicyclic) bond motifs is 1. The van der Waals surface area contributed by atoms with Gasteiger partial charge in [0.15, 0.2) is 0 Å². The van der Waals surface area contributed by atoms with Crippen molar-refractivity contribution in [2.75, 3.05) is 7.11 Å². The maximum atomic E-state index is 11.5. The average Bonchev–Trinajstić information content (AvgIpc) is 2.27. The Bertz CT molecular complexity index is 500. The number of carbonyl (C=O) groups excluding carboxylic acids is 2. The molecule has 1 aliphatic heterocycles. The third kappa shape index (κ3) is 1.67. The molecule has 1 heterocycles. The third-order valence-corrected chi connectivity index (χ3v) is 2.77. The molecule has 0 fully saturated rings. The molecule has 0 aliphatic carbocycles. The van der Waals surface area contributed by atoms with E-state index in [1.807, 2.05) is 0 Å². The highest BCUT2D eigenvalue weighted by molar-refractivity contribution is 5.92. The van der Waals surface area contributed by atoms with E-state index in [9.17, 15) is 9.59 Å². The summed E-state index contributed by atoms with van der Waals surface area (Å²) in [6, 6.07) is 4.84. The van der Waals surface area contributed by atoms with Crippen LogP contribution >= 0.6 is 0 Å². The SMILES string of the molecule is COc1ccc2c(c1)OC(=O)NC2(C)C(N)=O. The van der Waals surface area contributed by atoms with Crippen LogP contribution in [0, 0.1) is 0 Å². The smallest absolute Gasteiger partial charge is 0.413 e. The van der Waals surface area contributed by atoms with Gasteiger partial charge in [-0.1, -0.05) is 0 Å². The van der Waals surface area contributed by atoms with Crippen molar-refractivity contribution in [2.24, 2.45) is 5.73 Å². The number of amides is 2. The number of nitrogens with one attached hydrogen (secondary N) is 1. The van der Waals surface area contributed by atoms with E-state index in [0.29, 0.717) is 11.3 Å². The first-order chi connectivity index (χ1) is 7.97. The molecule has 1 unspecified atom stereocenters. The Balaban J connectivity index is 2.58.